The van der Waals surface area contributed by atoms with Crippen LogP contribution in [-0.2, 0) is 48.3 Å². The molecule has 0 unspecified atom stereocenters. The summed E-state index contributed by atoms with van der Waals surface area (Å²) >= 11 is 0. The molecular weight excluding hydrogens is 1010 g/mol. The third kappa shape index (κ3) is 13.4. The van der Waals surface area contributed by atoms with Crippen molar-refractivity contribution in [3.63, 3.8) is 0 Å². The van der Waals surface area contributed by atoms with Crippen LogP contribution in [0.2, 0.25) is 41.3 Å². The normalized spacial score (nSPS) is 33.6. The molecule has 0 saturated carbocycles. The van der Waals surface area contributed by atoms with Gasteiger partial charge in [-0.15, -0.1) is 0 Å². The minimum Gasteiger partial charge on any atom is -0.411 e. The van der Waals surface area contributed by atoms with Gasteiger partial charge in [0.05, 0.1) is 72.2 Å². The molecule has 12 heteroatoms. The number of benzene rings is 3. The second-order valence-corrected chi connectivity index (χ2v) is 42.8. The molecule has 5 aliphatic heterocycles. The van der Waals surface area contributed by atoms with E-state index in [1.54, 1.807) is 0 Å². The molecule has 5 heterocycles. The quantitative estimate of drug-likeness (QED) is 0.0969. The van der Waals surface area contributed by atoms with E-state index in [4.69, 9.17) is 41.7 Å². The maximum Gasteiger partial charge on any atom is 0.261 e. The van der Waals surface area contributed by atoms with Crippen LogP contribution >= 0.6 is 0 Å². The van der Waals surface area contributed by atoms with Crippen LogP contribution in [0.1, 0.15) is 166 Å². The zero-order valence-electron chi connectivity index (χ0n) is 51.0. The first kappa shape index (κ1) is 61.0. The van der Waals surface area contributed by atoms with E-state index in [1.807, 2.05) is 0 Å². The average Bonchev–Trinajstić information content (AvgIpc) is 3.64. The van der Waals surface area contributed by atoms with Crippen LogP contribution in [0.4, 0.5) is 0 Å². The van der Waals surface area contributed by atoms with Crippen molar-refractivity contribution in [1.82, 2.24) is 0 Å². The fourth-order valence-electron chi connectivity index (χ4n) is 13.2. The van der Waals surface area contributed by atoms with Gasteiger partial charge in [-0.05, 0) is 142 Å². The molecule has 77 heavy (non-hydrogen) atoms. The highest BCUT2D eigenvalue weighted by molar-refractivity contribution is 6.99. The Morgan fingerprint density at radius 2 is 1.13 bits per heavy atom. The van der Waals surface area contributed by atoms with E-state index in [0.29, 0.717) is 32.2 Å². The number of hydrogen-bond donors (Lipinski definition) is 0. The van der Waals surface area contributed by atoms with Gasteiger partial charge in [0, 0.05) is 26.1 Å². The molecule has 5 saturated heterocycles. The number of ether oxygens (including phenoxy) is 6. The third-order valence-corrected chi connectivity index (χ3v) is 34.1. The first-order chi connectivity index (χ1) is 36.0. The zero-order valence-corrected chi connectivity index (χ0v) is 54.0. The van der Waals surface area contributed by atoms with E-state index in [1.165, 1.54) is 15.9 Å². The summed E-state index contributed by atoms with van der Waals surface area (Å²) in [5.41, 5.74) is -0.369. The fourth-order valence-corrected chi connectivity index (χ4v) is 20.9. The van der Waals surface area contributed by atoms with Crippen LogP contribution in [0, 0.1) is 5.92 Å². The maximum absolute atomic E-state index is 7.65. The van der Waals surface area contributed by atoms with Crippen molar-refractivity contribution < 1.29 is 41.7 Å². The van der Waals surface area contributed by atoms with Crippen LogP contribution in [0.3, 0.4) is 0 Å². The molecule has 430 valence electrons. The molecule has 0 spiro atoms. The van der Waals surface area contributed by atoms with Crippen molar-refractivity contribution >= 4 is 35.3 Å². The van der Waals surface area contributed by atoms with E-state index in [9.17, 15) is 0 Å². The van der Waals surface area contributed by atoms with Gasteiger partial charge in [-0.25, -0.2) is 0 Å². The molecule has 9 nitrogen and oxygen atoms in total. The van der Waals surface area contributed by atoms with Gasteiger partial charge in [-0.3, -0.25) is 0 Å². The summed E-state index contributed by atoms with van der Waals surface area (Å²) in [4.78, 5) is 0. The second kappa shape index (κ2) is 23.7. The topological polar surface area (TPSA) is 83.1 Å². The largest absolute Gasteiger partial charge is 0.411 e. The van der Waals surface area contributed by atoms with Gasteiger partial charge in [0.2, 0.25) is 0 Å². The lowest BCUT2D eigenvalue weighted by Gasteiger charge is -2.50. The van der Waals surface area contributed by atoms with Crippen molar-refractivity contribution in [3.8, 4) is 0 Å². The van der Waals surface area contributed by atoms with E-state index in [0.717, 1.165) is 64.2 Å². The molecule has 13 atom stereocenters. The Labute approximate surface area is 470 Å². The van der Waals surface area contributed by atoms with Gasteiger partial charge in [0.25, 0.3) is 8.32 Å². The smallest absolute Gasteiger partial charge is 0.261 e. The van der Waals surface area contributed by atoms with Crippen molar-refractivity contribution in [2.24, 2.45) is 5.92 Å². The molecule has 3 aromatic carbocycles. The summed E-state index contributed by atoms with van der Waals surface area (Å²) in [5, 5.41) is 2.63. The monoisotopic (exact) mass is 1110 g/mol. The Bertz CT molecular complexity index is 2290. The summed E-state index contributed by atoms with van der Waals surface area (Å²) in [6, 6.07) is 32.5. The summed E-state index contributed by atoms with van der Waals surface area (Å²) in [5.74, 6) is 0.302. The molecule has 0 bridgehead atoms. The average molecular weight is 1110 g/mol. The van der Waals surface area contributed by atoms with Crippen LogP contribution in [0.5, 0.6) is 0 Å². The van der Waals surface area contributed by atoms with Gasteiger partial charge >= 0.3 is 0 Å². The van der Waals surface area contributed by atoms with E-state index < -0.39 is 41.8 Å². The minimum absolute atomic E-state index is 0.0109. The predicted octanol–water partition coefficient (Wildman–Crippen LogP) is 14.5. The van der Waals surface area contributed by atoms with E-state index >= 15 is 0 Å². The lowest BCUT2D eigenvalue weighted by Crippen LogP contribution is -2.66. The SMILES string of the molecule is C[C@H]1C[C@@H]2O[C@@H]3C[C@@H]4O[C@@H]5CC[C@](C)(O[Si](C)(C)C(C)(C)C)[C@@H](CCCOCc6ccccc6)O[C@H]5CC[C@@]4(C)O[C@H]3[C@@H](O[Si](C)(C)C(C)(C)C)C[C@@]2(C)O[C@H]1CCCO[Si](c1ccccc1)(c1ccccc1)C(C)(C)C. The lowest BCUT2D eigenvalue weighted by atomic mass is 9.79. The van der Waals surface area contributed by atoms with Crippen molar-refractivity contribution in [2.75, 3.05) is 13.2 Å². The van der Waals surface area contributed by atoms with Gasteiger partial charge in [-0.1, -0.05) is 160 Å². The summed E-state index contributed by atoms with van der Waals surface area (Å²) in [6.45, 7) is 41.9. The molecule has 5 aliphatic rings. The molecule has 3 aromatic rings. The van der Waals surface area contributed by atoms with Crippen LogP contribution < -0.4 is 10.4 Å². The maximum atomic E-state index is 7.65. The molecule has 0 amide bonds. The molecule has 0 radical (unpaired) electrons. The van der Waals surface area contributed by atoms with Crippen molar-refractivity contribution in [1.29, 1.82) is 0 Å². The molecule has 8 rings (SSSR count). The highest BCUT2D eigenvalue weighted by Gasteiger charge is 2.61. The highest BCUT2D eigenvalue weighted by atomic mass is 28.4. The van der Waals surface area contributed by atoms with Crippen molar-refractivity contribution in [2.45, 2.75) is 280 Å². The zero-order chi connectivity index (χ0) is 55.9. The first-order valence-electron chi connectivity index (χ1n) is 30.1. The Kier molecular flexibility index (Phi) is 18.8. The van der Waals surface area contributed by atoms with Gasteiger partial charge in [0.15, 0.2) is 16.6 Å². The Hall–Kier alpha value is -2.05. The fraction of sp³-hybridized carbons (Fsp3) is 0.723. The predicted molar refractivity (Wildman–Crippen MR) is 321 cm³/mol. The summed E-state index contributed by atoms with van der Waals surface area (Å²) < 4.78 is 66.4. The van der Waals surface area contributed by atoms with E-state index in [2.05, 4.69) is 207 Å². The molecular formula is C65H104O9Si3. The Balaban J connectivity index is 0.999. The minimum atomic E-state index is -2.66. The van der Waals surface area contributed by atoms with E-state index in [-0.39, 0.29) is 70.1 Å². The Morgan fingerprint density at radius 3 is 1.73 bits per heavy atom. The molecule has 0 N–H and O–H groups in total. The summed E-state index contributed by atoms with van der Waals surface area (Å²) in [7, 11) is -7.12. The first-order valence-corrected chi connectivity index (χ1v) is 37.8. The second-order valence-electron chi connectivity index (χ2n) is 29.0. The molecule has 5 fully saturated rings. The van der Waals surface area contributed by atoms with Crippen LogP contribution in [0.15, 0.2) is 91.0 Å². The molecule has 0 aliphatic carbocycles. The highest BCUT2D eigenvalue weighted by Crippen LogP contribution is 2.52. The lowest BCUT2D eigenvalue weighted by molar-refractivity contribution is -0.272. The van der Waals surface area contributed by atoms with Gasteiger partial charge in [-0.2, -0.15) is 0 Å². The van der Waals surface area contributed by atoms with Crippen LogP contribution in [0.25, 0.3) is 0 Å². The standard InChI is InChI=1S/C65H104O9Si3/c1-47-43-57-65(13,71-51(47)35-27-42-67-77(62(8,9)10,49-31-23-19-24-32-49)50-33-25-20-26-34-50)45-55(73-75(14,15)60(2,3)4)59-54(70-57)44-58-63(11,72-59)39-37-52-53(69-58)38-40-64(12,74-76(16,17)61(5,6)7)56(68-52)36-28-41-66-46-48-29-21-18-22-30-48/h18-26,29-34,47,51-59H,27-28,35-46H2,1-17H3/t47-,51-,52-,53+,54+,55-,56+,57-,58-,59+,63+,64-,65+/m0/s1. The number of hydrogen-bond acceptors (Lipinski definition) is 9. The Morgan fingerprint density at radius 1 is 0.584 bits per heavy atom. The number of rotatable bonds is 17. The van der Waals surface area contributed by atoms with Crippen molar-refractivity contribution in [3.05, 3.63) is 96.6 Å². The van der Waals surface area contributed by atoms with Crippen LogP contribution in [-0.4, -0.2) is 110 Å². The molecule has 0 aromatic heterocycles. The van der Waals surface area contributed by atoms with Gasteiger partial charge in [0.1, 0.15) is 6.10 Å². The summed E-state index contributed by atoms with van der Waals surface area (Å²) in [6.07, 6.45) is 8.24. The van der Waals surface area contributed by atoms with Gasteiger partial charge < -0.3 is 41.7 Å². The third-order valence-electron chi connectivity index (χ3n) is 19.9. The number of fused-ring (bicyclic) bond motifs is 4.